The standard InChI is InChI=1S/C16H16N2O2S3/c1-3-7-23(20)16-14(17)13-10(9(2)19)8-11(18-15(13)22-16)12-5-4-6-21-12/h4-6,8H,3,7,17H2,1-2H3. The topological polar surface area (TPSA) is 73.0 Å². The van der Waals surface area contributed by atoms with Crippen LogP contribution in [0, 0.1) is 0 Å². The van der Waals surface area contributed by atoms with E-state index < -0.39 is 10.8 Å². The van der Waals surface area contributed by atoms with E-state index in [2.05, 4.69) is 4.98 Å². The fourth-order valence-corrected chi connectivity index (χ4v) is 5.68. The minimum absolute atomic E-state index is 0.0625. The molecule has 3 rings (SSSR count). The molecule has 23 heavy (non-hydrogen) atoms. The first-order valence-corrected chi connectivity index (χ1v) is 10.2. The highest BCUT2D eigenvalue weighted by molar-refractivity contribution is 7.87. The van der Waals surface area contributed by atoms with E-state index >= 15 is 0 Å². The number of nitrogens with two attached hydrogens (primary N) is 1. The Balaban J connectivity index is 2.27. The number of aromatic nitrogens is 1. The zero-order chi connectivity index (χ0) is 16.6. The van der Waals surface area contributed by atoms with Crippen molar-refractivity contribution in [1.82, 2.24) is 4.98 Å². The monoisotopic (exact) mass is 364 g/mol. The Morgan fingerprint density at radius 2 is 2.22 bits per heavy atom. The molecule has 4 nitrogen and oxygen atoms in total. The number of nitrogens with zero attached hydrogens (tertiary/aromatic N) is 1. The van der Waals surface area contributed by atoms with Crippen LogP contribution in [0.15, 0.2) is 27.8 Å². The van der Waals surface area contributed by atoms with Gasteiger partial charge in [0.25, 0.3) is 0 Å². The maximum atomic E-state index is 12.4. The summed E-state index contributed by atoms with van der Waals surface area (Å²) in [5.41, 5.74) is 7.95. The summed E-state index contributed by atoms with van der Waals surface area (Å²) in [6.07, 6.45) is 0.813. The van der Waals surface area contributed by atoms with Crippen molar-refractivity contribution in [2.75, 3.05) is 11.5 Å². The van der Waals surface area contributed by atoms with Gasteiger partial charge in [-0.3, -0.25) is 9.00 Å². The van der Waals surface area contributed by atoms with E-state index in [1.54, 1.807) is 17.4 Å². The molecule has 1 unspecified atom stereocenters. The molecule has 120 valence electrons. The van der Waals surface area contributed by atoms with Crippen LogP contribution in [0.5, 0.6) is 0 Å². The number of pyridine rings is 1. The SMILES string of the molecule is CCCS(=O)c1sc2nc(-c3cccs3)cc(C(C)=O)c2c1N. The number of hydrogen-bond acceptors (Lipinski definition) is 6. The van der Waals surface area contributed by atoms with Gasteiger partial charge in [-0.2, -0.15) is 0 Å². The van der Waals surface area contributed by atoms with Crippen LogP contribution in [0.1, 0.15) is 30.6 Å². The van der Waals surface area contributed by atoms with Gasteiger partial charge in [0.05, 0.1) is 27.1 Å². The Morgan fingerprint density at radius 3 is 2.83 bits per heavy atom. The molecule has 0 aliphatic heterocycles. The van der Waals surface area contributed by atoms with E-state index in [4.69, 9.17) is 5.73 Å². The fraction of sp³-hybridized carbons (Fsp3) is 0.250. The minimum atomic E-state index is -1.15. The van der Waals surface area contributed by atoms with Crippen molar-refractivity contribution in [1.29, 1.82) is 0 Å². The molecule has 2 N–H and O–H groups in total. The van der Waals surface area contributed by atoms with Crippen LogP contribution >= 0.6 is 22.7 Å². The van der Waals surface area contributed by atoms with Crippen LogP contribution in [0.3, 0.4) is 0 Å². The molecule has 3 aromatic rings. The highest BCUT2D eigenvalue weighted by atomic mass is 32.2. The molecule has 0 aromatic carbocycles. The van der Waals surface area contributed by atoms with E-state index in [9.17, 15) is 9.00 Å². The number of nitrogen functional groups attached to an aromatic ring is 1. The molecule has 0 bridgehead atoms. The molecule has 3 aromatic heterocycles. The molecule has 3 heterocycles. The summed E-state index contributed by atoms with van der Waals surface area (Å²) in [5, 5.41) is 2.61. The summed E-state index contributed by atoms with van der Waals surface area (Å²) in [5.74, 6) is 0.497. The van der Waals surface area contributed by atoms with Gasteiger partial charge in [-0.05, 0) is 30.9 Å². The summed E-state index contributed by atoms with van der Waals surface area (Å²) < 4.78 is 13.0. The average Bonchev–Trinajstić information content (AvgIpc) is 3.15. The first kappa shape index (κ1) is 16.3. The van der Waals surface area contributed by atoms with Crippen molar-refractivity contribution in [2.45, 2.75) is 24.5 Å². The van der Waals surface area contributed by atoms with Crippen LogP contribution in [0.2, 0.25) is 0 Å². The molecule has 0 fully saturated rings. The van der Waals surface area contributed by atoms with E-state index in [0.29, 0.717) is 31.4 Å². The summed E-state index contributed by atoms with van der Waals surface area (Å²) in [4.78, 5) is 18.4. The Kier molecular flexibility index (Phi) is 4.61. The average molecular weight is 365 g/mol. The van der Waals surface area contributed by atoms with Crippen LogP contribution in [-0.2, 0) is 10.8 Å². The lowest BCUT2D eigenvalue weighted by Gasteiger charge is -2.04. The molecule has 0 saturated heterocycles. The molecular weight excluding hydrogens is 348 g/mol. The van der Waals surface area contributed by atoms with Crippen LogP contribution < -0.4 is 5.73 Å². The molecule has 0 aliphatic carbocycles. The summed E-state index contributed by atoms with van der Waals surface area (Å²) in [7, 11) is -1.15. The third-order valence-electron chi connectivity index (χ3n) is 3.41. The predicted octanol–water partition coefficient (Wildman–Crippen LogP) is 4.33. The molecule has 0 saturated carbocycles. The normalized spacial score (nSPS) is 12.6. The summed E-state index contributed by atoms with van der Waals surface area (Å²) in [6.45, 7) is 3.50. The number of fused-ring (bicyclic) bond motifs is 1. The Hall–Kier alpha value is -1.57. The zero-order valence-corrected chi connectivity index (χ0v) is 15.2. The maximum absolute atomic E-state index is 12.4. The number of thiophene rings is 2. The van der Waals surface area contributed by atoms with E-state index in [1.807, 2.05) is 24.4 Å². The number of ketones is 1. The second-order valence-electron chi connectivity index (χ2n) is 5.12. The molecule has 0 radical (unpaired) electrons. The lowest BCUT2D eigenvalue weighted by atomic mass is 10.1. The van der Waals surface area contributed by atoms with Crippen molar-refractivity contribution in [3.63, 3.8) is 0 Å². The van der Waals surface area contributed by atoms with Gasteiger partial charge in [0.1, 0.15) is 9.04 Å². The van der Waals surface area contributed by atoms with Crippen molar-refractivity contribution >= 4 is 55.2 Å². The van der Waals surface area contributed by atoms with Gasteiger partial charge in [0, 0.05) is 16.7 Å². The molecule has 0 aliphatic rings. The Labute approximate surface area is 144 Å². The number of rotatable bonds is 5. The number of anilines is 1. The Morgan fingerprint density at radius 1 is 1.43 bits per heavy atom. The lowest BCUT2D eigenvalue weighted by molar-refractivity contribution is 0.101. The predicted molar refractivity (Wildman–Crippen MR) is 98.9 cm³/mol. The van der Waals surface area contributed by atoms with Gasteiger partial charge >= 0.3 is 0 Å². The number of Topliss-reactive ketones (excluding diaryl/α,β-unsaturated/α-hetero) is 1. The maximum Gasteiger partial charge on any atom is 0.160 e. The van der Waals surface area contributed by atoms with Crippen LogP contribution in [-0.4, -0.2) is 20.7 Å². The number of carbonyl (C=O) groups is 1. The van der Waals surface area contributed by atoms with E-state index in [0.717, 1.165) is 17.0 Å². The van der Waals surface area contributed by atoms with Crippen molar-refractivity contribution in [3.05, 3.63) is 29.1 Å². The highest BCUT2D eigenvalue weighted by Crippen LogP contribution is 2.39. The Bertz CT molecular complexity index is 898. The van der Waals surface area contributed by atoms with E-state index in [1.165, 1.54) is 18.3 Å². The lowest BCUT2D eigenvalue weighted by Crippen LogP contribution is -2.00. The fourth-order valence-electron chi connectivity index (χ4n) is 2.38. The quantitative estimate of drug-likeness (QED) is 0.684. The van der Waals surface area contributed by atoms with Gasteiger partial charge in [-0.15, -0.1) is 22.7 Å². The number of carbonyl (C=O) groups excluding carboxylic acids is 1. The van der Waals surface area contributed by atoms with E-state index in [-0.39, 0.29) is 5.78 Å². The number of hydrogen-bond donors (Lipinski definition) is 1. The van der Waals surface area contributed by atoms with Gasteiger partial charge in [0.15, 0.2) is 5.78 Å². The first-order valence-electron chi connectivity index (χ1n) is 7.19. The first-order chi connectivity index (χ1) is 11.0. The smallest absolute Gasteiger partial charge is 0.160 e. The second kappa shape index (κ2) is 6.51. The van der Waals surface area contributed by atoms with Gasteiger partial charge < -0.3 is 5.73 Å². The molecule has 0 amide bonds. The van der Waals surface area contributed by atoms with Crippen molar-refractivity contribution in [2.24, 2.45) is 0 Å². The molecule has 1 atom stereocenters. The van der Waals surface area contributed by atoms with Crippen LogP contribution in [0.4, 0.5) is 5.69 Å². The van der Waals surface area contributed by atoms with Crippen molar-refractivity contribution < 1.29 is 9.00 Å². The summed E-state index contributed by atoms with van der Waals surface area (Å²) in [6, 6.07) is 5.70. The summed E-state index contributed by atoms with van der Waals surface area (Å²) >= 11 is 2.90. The molecule has 7 heteroatoms. The van der Waals surface area contributed by atoms with Gasteiger partial charge in [-0.1, -0.05) is 13.0 Å². The van der Waals surface area contributed by atoms with Crippen molar-refractivity contribution in [3.8, 4) is 10.6 Å². The van der Waals surface area contributed by atoms with Crippen LogP contribution in [0.25, 0.3) is 20.8 Å². The molecular formula is C16H16N2O2S3. The minimum Gasteiger partial charge on any atom is -0.396 e. The third-order valence-corrected chi connectivity index (χ3v) is 7.42. The second-order valence-corrected chi connectivity index (χ2v) is 8.83. The highest BCUT2D eigenvalue weighted by Gasteiger charge is 2.21. The third kappa shape index (κ3) is 2.96. The van der Waals surface area contributed by atoms with Gasteiger partial charge in [0.2, 0.25) is 0 Å². The largest absolute Gasteiger partial charge is 0.396 e. The van der Waals surface area contributed by atoms with Gasteiger partial charge in [-0.25, -0.2) is 4.98 Å². The zero-order valence-electron chi connectivity index (χ0n) is 12.8. The molecule has 0 spiro atoms.